The molecule has 4 saturated heterocycles. The third-order valence-electron chi connectivity index (χ3n) is 9.94. The van der Waals surface area contributed by atoms with Gasteiger partial charge in [0, 0.05) is 20.3 Å². The molecule has 4 rings (SSSR count). The summed E-state index contributed by atoms with van der Waals surface area (Å²) in [6.45, 7) is 0.283. The lowest BCUT2D eigenvalue weighted by Gasteiger charge is -2.51. The molecule has 324 valence electrons. The van der Waals surface area contributed by atoms with Crippen molar-refractivity contribution in [1.29, 1.82) is 0 Å². The first-order valence-electron chi connectivity index (χ1n) is 17.6. The zero-order valence-electron chi connectivity index (χ0n) is 30.3. The maximum absolute atomic E-state index is 12.9. The van der Waals surface area contributed by atoms with Gasteiger partial charge >= 0.3 is 5.97 Å². The second-order valence-electron chi connectivity index (χ2n) is 14.0. The number of ether oxygens (including phenoxy) is 7. The number of carboxylic acid groups (broad SMARTS) is 1. The Balaban J connectivity index is 1.71. The van der Waals surface area contributed by atoms with Gasteiger partial charge in [0.25, 0.3) is 5.79 Å². The molecule has 25 heteroatoms. The van der Waals surface area contributed by atoms with E-state index in [1.54, 1.807) is 0 Å². The number of nitrogens with one attached hydrogen (secondary N) is 2. The van der Waals surface area contributed by atoms with Crippen molar-refractivity contribution < 1.29 is 114 Å². The van der Waals surface area contributed by atoms with Gasteiger partial charge in [0.15, 0.2) is 18.9 Å². The van der Waals surface area contributed by atoms with Gasteiger partial charge in [-0.05, 0) is 6.92 Å². The van der Waals surface area contributed by atoms with E-state index >= 15 is 0 Å². The molecule has 0 radical (unpaired) electrons. The molecule has 2 amide bonds. The molecule has 4 aliphatic heterocycles. The lowest BCUT2D eigenvalue weighted by molar-refractivity contribution is -0.390. The average Bonchev–Trinajstić information content (AvgIpc) is 3.14. The van der Waals surface area contributed by atoms with Crippen LogP contribution in [0.1, 0.15) is 27.2 Å². The second kappa shape index (κ2) is 19.1. The van der Waals surface area contributed by atoms with Gasteiger partial charge in [-0.1, -0.05) is 0 Å². The van der Waals surface area contributed by atoms with Crippen molar-refractivity contribution in [3.63, 3.8) is 0 Å². The van der Waals surface area contributed by atoms with Crippen LogP contribution >= 0.6 is 0 Å². The van der Waals surface area contributed by atoms with E-state index < -0.39 is 172 Å². The minimum atomic E-state index is -3.12. The predicted octanol–water partition coefficient (Wildman–Crippen LogP) is -9.23. The SMILES string of the molecule is CC(=O)N[C@H]1[C@H]([C@H](O)[C@H](O)CO)O[C@@](O[C@@H]2[C@H](O)[C@H](O[C@H]3[C@H](O[C@@H]4O[C@@H](C)[C@@H](O)[C@H](O)[C@@H]4O)[C@H](NC(C)=O)C(O)O[C@H]3CO)O[C@@H](CO)[C@@H]2O)(C(=O)O)C[C@H]1O. The molecular weight excluding hydrogens is 768 g/mol. The maximum atomic E-state index is 12.9. The molecule has 4 aliphatic rings. The number of aliphatic hydroxyl groups is 12. The van der Waals surface area contributed by atoms with Gasteiger partial charge in [-0.25, -0.2) is 4.79 Å². The molecule has 0 bridgehead atoms. The van der Waals surface area contributed by atoms with Gasteiger partial charge in [0.1, 0.15) is 85.4 Å². The summed E-state index contributed by atoms with van der Waals surface area (Å²) in [5, 5.41) is 142. The van der Waals surface area contributed by atoms with E-state index in [2.05, 4.69) is 10.6 Å². The minimum absolute atomic E-state index is 0.767. The fraction of sp³-hybridized carbons (Fsp3) is 0.903. The molecule has 4 heterocycles. The predicted molar refractivity (Wildman–Crippen MR) is 173 cm³/mol. The van der Waals surface area contributed by atoms with E-state index in [1.165, 1.54) is 6.92 Å². The normalized spacial score (nSPS) is 45.7. The van der Waals surface area contributed by atoms with Crippen molar-refractivity contribution in [3.05, 3.63) is 0 Å². The first-order chi connectivity index (χ1) is 26.2. The van der Waals surface area contributed by atoms with Crippen LogP contribution in [0.3, 0.4) is 0 Å². The van der Waals surface area contributed by atoms with Gasteiger partial charge in [-0.3, -0.25) is 9.59 Å². The van der Waals surface area contributed by atoms with Crippen LogP contribution in [0.25, 0.3) is 0 Å². The Morgan fingerprint density at radius 2 is 1.30 bits per heavy atom. The van der Waals surface area contributed by atoms with Crippen LogP contribution < -0.4 is 10.6 Å². The molecule has 0 aromatic rings. The van der Waals surface area contributed by atoms with Gasteiger partial charge in [0.05, 0.1) is 38.1 Å². The number of carbonyl (C=O) groups excluding carboxylic acids is 2. The third kappa shape index (κ3) is 9.74. The molecule has 15 N–H and O–H groups in total. The summed E-state index contributed by atoms with van der Waals surface area (Å²) >= 11 is 0. The first-order valence-corrected chi connectivity index (χ1v) is 17.6. The summed E-state index contributed by atoms with van der Waals surface area (Å²) in [7, 11) is 0. The fourth-order valence-electron chi connectivity index (χ4n) is 6.99. The van der Waals surface area contributed by atoms with Crippen LogP contribution in [0.5, 0.6) is 0 Å². The Morgan fingerprint density at radius 1 is 0.732 bits per heavy atom. The Kier molecular flexibility index (Phi) is 15.8. The highest BCUT2D eigenvalue weighted by Crippen LogP contribution is 2.39. The second-order valence-corrected chi connectivity index (χ2v) is 14.0. The quantitative estimate of drug-likeness (QED) is 0.0773. The van der Waals surface area contributed by atoms with Gasteiger partial charge in [0.2, 0.25) is 11.8 Å². The molecule has 4 fully saturated rings. The maximum Gasteiger partial charge on any atom is 0.364 e. The summed E-state index contributed by atoms with van der Waals surface area (Å²) in [6.07, 6.45) is -35.1. The van der Waals surface area contributed by atoms with E-state index in [4.69, 9.17) is 33.2 Å². The fourth-order valence-corrected chi connectivity index (χ4v) is 6.99. The molecular formula is C31H52N2O23. The molecule has 0 spiro atoms. The number of amides is 2. The van der Waals surface area contributed by atoms with Crippen LogP contribution in [0.15, 0.2) is 0 Å². The smallest absolute Gasteiger partial charge is 0.364 e. The molecule has 0 aliphatic carbocycles. The summed E-state index contributed by atoms with van der Waals surface area (Å²) < 4.78 is 39.7. The van der Waals surface area contributed by atoms with Crippen LogP contribution in [0.4, 0.5) is 0 Å². The number of rotatable bonds is 14. The standard InChI is InChI=1S/C31H52N2O23/c1-8-17(41)20(44)21(45)28(50-8)54-25-16(33-10(3)38)27(47)51-14(7-36)23(25)53-29-22(46)26(19(43)13(6-35)52-29)56-31(30(48)49)4-11(39)15(32-9(2)37)24(55-31)18(42)12(40)5-34/h8,11-29,34-36,39-47H,4-7H2,1-3H3,(H,32,37)(H,33,38)(H,48,49)/t8-,11+,12+,13-,14-,15+,16-,17+,18+,19-,20-,21-,22-,23+,24+,25+,26-,27?,28-,29-,31-/m0/s1. The molecule has 1 unspecified atom stereocenters. The third-order valence-corrected chi connectivity index (χ3v) is 9.94. The molecule has 0 saturated carbocycles. The highest BCUT2D eigenvalue weighted by atomic mass is 16.8. The van der Waals surface area contributed by atoms with Crippen molar-refractivity contribution >= 4 is 17.8 Å². The molecule has 0 aromatic heterocycles. The van der Waals surface area contributed by atoms with Crippen molar-refractivity contribution in [3.8, 4) is 0 Å². The summed E-state index contributed by atoms with van der Waals surface area (Å²) in [5.74, 6) is -6.69. The van der Waals surface area contributed by atoms with Crippen molar-refractivity contribution in [2.24, 2.45) is 0 Å². The first kappa shape index (κ1) is 46.3. The molecule has 21 atom stereocenters. The summed E-state index contributed by atoms with van der Waals surface area (Å²) in [4.78, 5) is 37.0. The lowest BCUT2D eigenvalue weighted by atomic mass is 9.88. The zero-order chi connectivity index (χ0) is 42.0. The van der Waals surface area contributed by atoms with Crippen LogP contribution in [0, 0.1) is 0 Å². The van der Waals surface area contributed by atoms with Crippen molar-refractivity contribution in [2.45, 2.75) is 155 Å². The minimum Gasteiger partial charge on any atom is -0.477 e. The zero-order valence-corrected chi connectivity index (χ0v) is 30.3. The average molecular weight is 821 g/mol. The number of hydrogen-bond acceptors (Lipinski definition) is 22. The van der Waals surface area contributed by atoms with Gasteiger partial charge in [-0.2, -0.15) is 0 Å². The molecule has 56 heavy (non-hydrogen) atoms. The van der Waals surface area contributed by atoms with Gasteiger partial charge < -0.3 is 110 Å². The topological polar surface area (TPSA) is 403 Å². The van der Waals surface area contributed by atoms with Crippen molar-refractivity contribution in [1.82, 2.24) is 10.6 Å². The van der Waals surface area contributed by atoms with Crippen molar-refractivity contribution in [2.75, 3.05) is 19.8 Å². The van der Waals surface area contributed by atoms with E-state index in [0.29, 0.717) is 0 Å². The molecule has 0 aromatic carbocycles. The Labute approximate surface area is 317 Å². The highest BCUT2D eigenvalue weighted by molar-refractivity contribution is 5.76. The number of hydrogen-bond donors (Lipinski definition) is 15. The Morgan fingerprint density at radius 3 is 1.86 bits per heavy atom. The van der Waals surface area contributed by atoms with E-state index in [1.807, 2.05) is 0 Å². The number of aliphatic carboxylic acids is 1. The van der Waals surface area contributed by atoms with Crippen LogP contribution in [-0.4, -0.2) is 232 Å². The molecule has 25 nitrogen and oxygen atoms in total. The van der Waals surface area contributed by atoms with Gasteiger partial charge in [-0.15, -0.1) is 0 Å². The summed E-state index contributed by atoms with van der Waals surface area (Å²) in [5.41, 5.74) is 0. The van der Waals surface area contributed by atoms with E-state index in [0.717, 1.165) is 13.8 Å². The van der Waals surface area contributed by atoms with E-state index in [-0.39, 0.29) is 0 Å². The number of aliphatic hydroxyl groups excluding tert-OH is 12. The number of carboxylic acids is 1. The monoisotopic (exact) mass is 820 g/mol. The number of carbonyl (C=O) groups is 3. The lowest BCUT2D eigenvalue weighted by Crippen LogP contribution is -2.71. The van der Waals surface area contributed by atoms with E-state index in [9.17, 15) is 80.8 Å². The largest absolute Gasteiger partial charge is 0.477 e. The highest BCUT2D eigenvalue weighted by Gasteiger charge is 2.60. The van der Waals surface area contributed by atoms with Crippen LogP contribution in [0.2, 0.25) is 0 Å². The summed E-state index contributed by atoms with van der Waals surface area (Å²) in [6, 6.07) is -3.22. The Hall–Kier alpha value is -2.35. The Bertz CT molecular complexity index is 1330. The van der Waals surface area contributed by atoms with Crippen LogP contribution in [-0.2, 0) is 47.5 Å².